The molecule has 0 aliphatic carbocycles. The van der Waals surface area contributed by atoms with Gasteiger partial charge in [-0.05, 0) is 45.9 Å². The van der Waals surface area contributed by atoms with Crippen molar-refractivity contribution < 1.29 is 4.74 Å². The summed E-state index contributed by atoms with van der Waals surface area (Å²) in [6.07, 6.45) is 1.74. The normalized spacial score (nSPS) is 13.6. The number of aryl methyl sites for hydroxylation is 1. The predicted molar refractivity (Wildman–Crippen MR) is 75.5 cm³/mol. The third-order valence-electron chi connectivity index (χ3n) is 3.15. The molecule has 0 spiro atoms. The van der Waals surface area contributed by atoms with Crippen molar-refractivity contribution in [2.45, 2.75) is 46.3 Å². The zero-order chi connectivity index (χ0) is 13.8. The van der Waals surface area contributed by atoms with Crippen molar-refractivity contribution in [3.8, 4) is 0 Å². The molecule has 1 unspecified atom stereocenters. The summed E-state index contributed by atoms with van der Waals surface area (Å²) < 4.78 is 5.86. The average molecular weight is 251 g/mol. The number of likely N-dealkylation sites (N-methyl/N-ethyl adjacent to an activating group) is 1. The first-order chi connectivity index (χ1) is 8.44. The topological polar surface area (TPSA) is 60.2 Å². The highest BCUT2D eigenvalue weighted by Crippen LogP contribution is 2.33. The maximum atomic E-state index is 6.04. The van der Waals surface area contributed by atoms with Crippen LogP contribution in [0.2, 0.25) is 0 Å². The van der Waals surface area contributed by atoms with Crippen LogP contribution in [0.15, 0.2) is 12.3 Å². The van der Waals surface area contributed by atoms with E-state index in [9.17, 15) is 0 Å². The summed E-state index contributed by atoms with van der Waals surface area (Å²) in [5.74, 6) is 0.578. The van der Waals surface area contributed by atoms with Crippen molar-refractivity contribution >= 4 is 5.82 Å². The summed E-state index contributed by atoms with van der Waals surface area (Å²) in [5, 5.41) is 3.46. The summed E-state index contributed by atoms with van der Waals surface area (Å²) >= 11 is 0. The molecule has 18 heavy (non-hydrogen) atoms. The van der Waals surface area contributed by atoms with Crippen molar-refractivity contribution in [2.75, 3.05) is 18.9 Å². The van der Waals surface area contributed by atoms with Crippen molar-refractivity contribution in [2.24, 2.45) is 0 Å². The number of hydrogen-bond acceptors (Lipinski definition) is 4. The SMILES string of the molecule is CCNC(c1c(C)ccnc1N)C(C)(C)OCC. The van der Waals surface area contributed by atoms with Gasteiger partial charge in [0.25, 0.3) is 0 Å². The zero-order valence-electron chi connectivity index (χ0n) is 12.1. The number of hydrogen-bond donors (Lipinski definition) is 2. The fraction of sp³-hybridized carbons (Fsp3) is 0.643. The molecule has 4 heteroatoms. The number of nitrogens with two attached hydrogens (primary N) is 1. The highest BCUT2D eigenvalue weighted by molar-refractivity contribution is 5.47. The van der Waals surface area contributed by atoms with Gasteiger partial charge in [0.2, 0.25) is 0 Å². The van der Waals surface area contributed by atoms with Crippen LogP contribution in [0.5, 0.6) is 0 Å². The largest absolute Gasteiger partial charge is 0.383 e. The molecule has 0 radical (unpaired) electrons. The molecule has 1 atom stereocenters. The Bertz CT molecular complexity index is 370. The molecule has 1 rings (SSSR count). The van der Waals surface area contributed by atoms with E-state index in [4.69, 9.17) is 10.5 Å². The van der Waals surface area contributed by atoms with Crippen LogP contribution in [0.3, 0.4) is 0 Å². The molecule has 1 aromatic heterocycles. The summed E-state index contributed by atoms with van der Waals surface area (Å²) in [6, 6.07) is 2.02. The van der Waals surface area contributed by atoms with Crippen LogP contribution in [0, 0.1) is 6.92 Å². The monoisotopic (exact) mass is 251 g/mol. The third kappa shape index (κ3) is 3.21. The van der Waals surface area contributed by atoms with Gasteiger partial charge in [0, 0.05) is 18.4 Å². The Morgan fingerprint density at radius 3 is 2.61 bits per heavy atom. The lowest BCUT2D eigenvalue weighted by Crippen LogP contribution is -2.42. The number of nitrogen functional groups attached to an aromatic ring is 1. The van der Waals surface area contributed by atoms with E-state index in [2.05, 4.69) is 38.0 Å². The molecular formula is C14H25N3O. The standard InChI is InChI=1S/C14H25N3O/c1-6-16-12(14(4,5)18-7-2)11-10(3)8-9-17-13(11)15/h8-9,12,16H,6-7H2,1-5H3,(H2,15,17). The Morgan fingerprint density at radius 1 is 1.44 bits per heavy atom. The molecule has 0 amide bonds. The number of anilines is 1. The van der Waals surface area contributed by atoms with E-state index in [1.807, 2.05) is 13.0 Å². The summed E-state index contributed by atoms with van der Waals surface area (Å²) in [7, 11) is 0. The van der Waals surface area contributed by atoms with E-state index in [-0.39, 0.29) is 11.6 Å². The van der Waals surface area contributed by atoms with E-state index in [0.717, 1.165) is 17.7 Å². The average Bonchev–Trinajstić information content (AvgIpc) is 2.27. The Balaban J connectivity index is 3.19. The van der Waals surface area contributed by atoms with E-state index in [1.165, 1.54) is 0 Å². The molecular weight excluding hydrogens is 226 g/mol. The highest BCUT2D eigenvalue weighted by Gasteiger charge is 2.33. The van der Waals surface area contributed by atoms with Gasteiger partial charge in [-0.15, -0.1) is 0 Å². The molecule has 1 aromatic rings. The number of aromatic nitrogens is 1. The van der Waals surface area contributed by atoms with Gasteiger partial charge in [-0.1, -0.05) is 6.92 Å². The quantitative estimate of drug-likeness (QED) is 0.815. The molecule has 0 aromatic carbocycles. The lowest BCUT2D eigenvalue weighted by atomic mass is 9.89. The van der Waals surface area contributed by atoms with Gasteiger partial charge in [0.05, 0.1) is 11.6 Å². The minimum absolute atomic E-state index is 0.0381. The molecule has 0 aliphatic heterocycles. The van der Waals surface area contributed by atoms with Crippen LogP contribution in [-0.4, -0.2) is 23.7 Å². The highest BCUT2D eigenvalue weighted by atomic mass is 16.5. The number of pyridine rings is 1. The smallest absolute Gasteiger partial charge is 0.128 e. The molecule has 1 heterocycles. The van der Waals surface area contributed by atoms with Crippen molar-refractivity contribution in [1.29, 1.82) is 0 Å². The zero-order valence-corrected chi connectivity index (χ0v) is 12.1. The van der Waals surface area contributed by atoms with Crippen LogP contribution in [0.1, 0.15) is 44.9 Å². The van der Waals surface area contributed by atoms with Crippen LogP contribution >= 0.6 is 0 Å². The van der Waals surface area contributed by atoms with E-state index >= 15 is 0 Å². The van der Waals surface area contributed by atoms with Gasteiger partial charge in [-0.2, -0.15) is 0 Å². The fourth-order valence-corrected chi connectivity index (χ4v) is 2.32. The first kappa shape index (κ1) is 14.9. The van der Waals surface area contributed by atoms with Crippen LogP contribution < -0.4 is 11.1 Å². The van der Waals surface area contributed by atoms with Crippen molar-refractivity contribution in [1.82, 2.24) is 10.3 Å². The Morgan fingerprint density at radius 2 is 2.11 bits per heavy atom. The van der Waals surface area contributed by atoms with Gasteiger partial charge in [0.15, 0.2) is 0 Å². The van der Waals surface area contributed by atoms with Gasteiger partial charge in [-0.3, -0.25) is 0 Å². The molecule has 3 N–H and O–H groups in total. The Hall–Kier alpha value is -1.13. The van der Waals surface area contributed by atoms with E-state index in [0.29, 0.717) is 12.4 Å². The number of nitrogens with one attached hydrogen (secondary N) is 1. The lowest BCUT2D eigenvalue weighted by molar-refractivity contribution is -0.0389. The third-order valence-corrected chi connectivity index (χ3v) is 3.15. The molecule has 102 valence electrons. The lowest BCUT2D eigenvalue weighted by Gasteiger charge is -2.36. The minimum Gasteiger partial charge on any atom is -0.383 e. The van der Waals surface area contributed by atoms with Gasteiger partial charge < -0.3 is 15.8 Å². The second-order valence-electron chi connectivity index (χ2n) is 4.95. The fourth-order valence-electron chi connectivity index (χ4n) is 2.32. The molecule has 0 saturated heterocycles. The number of rotatable bonds is 6. The predicted octanol–water partition coefficient (Wildman–Crippen LogP) is 2.44. The number of ether oxygens (including phenoxy) is 1. The minimum atomic E-state index is -0.327. The van der Waals surface area contributed by atoms with Gasteiger partial charge in [-0.25, -0.2) is 4.98 Å². The summed E-state index contributed by atoms with van der Waals surface area (Å²) in [5.41, 5.74) is 7.89. The Kier molecular flexibility index (Phi) is 5.11. The maximum absolute atomic E-state index is 6.04. The molecule has 0 bridgehead atoms. The first-order valence-corrected chi connectivity index (χ1v) is 6.52. The van der Waals surface area contributed by atoms with Crippen LogP contribution in [0.4, 0.5) is 5.82 Å². The second-order valence-corrected chi connectivity index (χ2v) is 4.95. The summed E-state index contributed by atoms with van der Waals surface area (Å²) in [4.78, 5) is 4.20. The molecule has 4 nitrogen and oxygen atoms in total. The van der Waals surface area contributed by atoms with Crippen molar-refractivity contribution in [3.05, 3.63) is 23.4 Å². The summed E-state index contributed by atoms with van der Waals surface area (Å²) in [6.45, 7) is 11.8. The molecule has 0 aliphatic rings. The van der Waals surface area contributed by atoms with Gasteiger partial charge >= 0.3 is 0 Å². The van der Waals surface area contributed by atoms with Crippen molar-refractivity contribution in [3.63, 3.8) is 0 Å². The first-order valence-electron chi connectivity index (χ1n) is 6.52. The van der Waals surface area contributed by atoms with E-state index < -0.39 is 0 Å². The van der Waals surface area contributed by atoms with Gasteiger partial charge in [0.1, 0.15) is 5.82 Å². The van der Waals surface area contributed by atoms with Crippen LogP contribution in [-0.2, 0) is 4.74 Å². The maximum Gasteiger partial charge on any atom is 0.128 e. The van der Waals surface area contributed by atoms with E-state index in [1.54, 1.807) is 6.20 Å². The molecule has 0 fully saturated rings. The second kappa shape index (κ2) is 6.16. The number of nitrogens with zero attached hydrogens (tertiary/aromatic N) is 1. The van der Waals surface area contributed by atoms with Crippen LogP contribution in [0.25, 0.3) is 0 Å². The molecule has 0 saturated carbocycles. The Labute approximate surface area is 110 Å².